The molecule has 1 aliphatic rings. The van der Waals surface area contributed by atoms with E-state index in [4.69, 9.17) is 9.47 Å². The molecule has 1 fully saturated rings. The second-order valence-electron chi connectivity index (χ2n) is 8.23. The number of benzene rings is 2. The van der Waals surface area contributed by atoms with Crippen LogP contribution >= 0.6 is 0 Å². The van der Waals surface area contributed by atoms with Gasteiger partial charge in [0.15, 0.2) is 0 Å². The number of phenolic OH excluding ortho intramolecular Hbond substituents is 1. The first-order valence-corrected chi connectivity index (χ1v) is 10.2. The maximum Gasteiger partial charge on any atom is 0.343 e. The first-order chi connectivity index (χ1) is 13.8. The largest absolute Gasteiger partial charge is 0.508 e. The topological polar surface area (TPSA) is 72.8 Å². The zero-order valence-electron chi connectivity index (χ0n) is 17.1. The highest BCUT2D eigenvalue weighted by atomic mass is 16.5. The van der Waals surface area contributed by atoms with Gasteiger partial charge in [0.25, 0.3) is 0 Å². The Morgan fingerprint density at radius 1 is 0.931 bits per heavy atom. The van der Waals surface area contributed by atoms with Crippen molar-refractivity contribution < 1.29 is 24.2 Å². The minimum absolute atomic E-state index is 0.0572. The molecule has 29 heavy (non-hydrogen) atoms. The molecule has 3 atom stereocenters. The third-order valence-electron chi connectivity index (χ3n) is 5.62. The van der Waals surface area contributed by atoms with Crippen LogP contribution in [0.1, 0.15) is 60.7 Å². The molecule has 0 amide bonds. The number of rotatable bonds is 5. The molecule has 1 N–H and O–H groups in total. The van der Waals surface area contributed by atoms with Gasteiger partial charge in [0.05, 0.1) is 11.1 Å². The minimum atomic E-state index is -0.531. The Morgan fingerprint density at radius 3 is 2.14 bits per heavy atom. The zero-order chi connectivity index (χ0) is 21.0. The van der Waals surface area contributed by atoms with Crippen LogP contribution in [-0.2, 0) is 4.74 Å². The number of phenols is 1. The number of hydrogen-bond donors (Lipinski definition) is 1. The zero-order valence-corrected chi connectivity index (χ0v) is 17.1. The molecule has 0 spiro atoms. The average molecular weight is 396 g/mol. The van der Waals surface area contributed by atoms with Crippen LogP contribution in [-0.4, -0.2) is 23.1 Å². The summed E-state index contributed by atoms with van der Waals surface area (Å²) in [6.07, 6.45) is 3.11. The van der Waals surface area contributed by atoms with Crippen LogP contribution in [0.2, 0.25) is 0 Å². The average Bonchev–Trinajstić information content (AvgIpc) is 2.68. The van der Waals surface area contributed by atoms with Crippen molar-refractivity contribution in [3.63, 3.8) is 0 Å². The van der Waals surface area contributed by atoms with Crippen molar-refractivity contribution >= 4 is 11.9 Å². The fraction of sp³-hybridized carbons (Fsp3) is 0.417. The molecule has 2 aromatic carbocycles. The van der Waals surface area contributed by atoms with Gasteiger partial charge in [0.2, 0.25) is 0 Å². The molecule has 3 unspecified atom stereocenters. The summed E-state index contributed by atoms with van der Waals surface area (Å²) in [6, 6.07) is 12.2. The Balaban J connectivity index is 1.62. The van der Waals surface area contributed by atoms with Crippen LogP contribution in [0.3, 0.4) is 0 Å². The first-order valence-electron chi connectivity index (χ1n) is 10.2. The van der Waals surface area contributed by atoms with E-state index in [1.54, 1.807) is 24.3 Å². The van der Waals surface area contributed by atoms with Crippen molar-refractivity contribution in [3.8, 4) is 11.5 Å². The molecule has 3 rings (SSSR count). The molecule has 1 saturated carbocycles. The van der Waals surface area contributed by atoms with Gasteiger partial charge in [0.1, 0.15) is 17.6 Å². The van der Waals surface area contributed by atoms with Gasteiger partial charge in [-0.3, -0.25) is 0 Å². The number of aromatic hydroxyl groups is 1. The summed E-state index contributed by atoms with van der Waals surface area (Å²) in [4.78, 5) is 24.8. The lowest BCUT2D eigenvalue weighted by molar-refractivity contribution is -0.0174. The van der Waals surface area contributed by atoms with E-state index in [0.29, 0.717) is 34.6 Å². The molecule has 2 aromatic rings. The van der Waals surface area contributed by atoms with Crippen molar-refractivity contribution in [2.24, 2.45) is 17.8 Å². The van der Waals surface area contributed by atoms with E-state index in [-0.39, 0.29) is 17.8 Å². The second-order valence-corrected chi connectivity index (χ2v) is 8.23. The molecular formula is C24H28O5. The standard InChI is InChI=1S/C24H28O5/c1-15(2)21-13-4-16(3)14-22(21)29-24(27)18-7-11-20(12-8-18)28-23(26)17-5-9-19(25)10-6-17/h5-12,15-16,21-22,25H,4,13-14H2,1-3H3. The Bertz CT molecular complexity index is 839. The van der Waals surface area contributed by atoms with Gasteiger partial charge in [-0.1, -0.05) is 27.2 Å². The van der Waals surface area contributed by atoms with E-state index in [1.165, 1.54) is 30.7 Å². The number of esters is 2. The van der Waals surface area contributed by atoms with Gasteiger partial charge in [-0.15, -0.1) is 0 Å². The predicted octanol–water partition coefficient (Wildman–Crippen LogP) is 5.23. The summed E-state index contributed by atoms with van der Waals surface area (Å²) in [6.45, 7) is 6.56. The summed E-state index contributed by atoms with van der Waals surface area (Å²) < 4.78 is 11.2. The fourth-order valence-corrected chi connectivity index (χ4v) is 3.88. The fourth-order valence-electron chi connectivity index (χ4n) is 3.88. The summed E-state index contributed by atoms with van der Waals surface area (Å²) in [5.74, 6) is 0.970. The summed E-state index contributed by atoms with van der Waals surface area (Å²) in [5.41, 5.74) is 0.771. The van der Waals surface area contributed by atoms with Crippen LogP contribution in [0.5, 0.6) is 11.5 Å². The van der Waals surface area contributed by atoms with Gasteiger partial charge in [0, 0.05) is 0 Å². The summed E-state index contributed by atoms with van der Waals surface area (Å²) in [7, 11) is 0. The Hall–Kier alpha value is -2.82. The molecule has 5 heteroatoms. The highest BCUT2D eigenvalue weighted by Gasteiger charge is 2.33. The van der Waals surface area contributed by atoms with Crippen LogP contribution < -0.4 is 4.74 Å². The van der Waals surface area contributed by atoms with Crippen molar-refractivity contribution in [3.05, 3.63) is 59.7 Å². The van der Waals surface area contributed by atoms with Gasteiger partial charge in [-0.05, 0) is 79.1 Å². The molecule has 0 radical (unpaired) electrons. The number of carbonyl (C=O) groups excluding carboxylic acids is 2. The van der Waals surface area contributed by atoms with Gasteiger partial charge >= 0.3 is 11.9 Å². The van der Waals surface area contributed by atoms with Crippen LogP contribution in [0.4, 0.5) is 0 Å². The van der Waals surface area contributed by atoms with Gasteiger partial charge in [-0.2, -0.15) is 0 Å². The molecule has 154 valence electrons. The highest BCUT2D eigenvalue weighted by molar-refractivity contribution is 5.92. The number of carbonyl (C=O) groups is 2. The van der Waals surface area contributed by atoms with Crippen LogP contribution in [0.25, 0.3) is 0 Å². The SMILES string of the molecule is CC1CCC(C(C)C)C(OC(=O)c2ccc(OC(=O)c3ccc(O)cc3)cc2)C1. The summed E-state index contributed by atoms with van der Waals surface area (Å²) >= 11 is 0. The van der Waals surface area contributed by atoms with Gasteiger partial charge < -0.3 is 14.6 Å². The molecule has 0 saturated heterocycles. The maximum atomic E-state index is 12.6. The molecule has 0 aromatic heterocycles. The van der Waals surface area contributed by atoms with E-state index in [2.05, 4.69) is 20.8 Å². The molecule has 0 bridgehead atoms. The minimum Gasteiger partial charge on any atom is -0.508 e. The van der Waals surface area contributed by atoms with Crippen molar-refractivity contribution in [2.75, 3.05) is 0 Å². The first kappa shape index (κ1) is 20.9. The van der Waals surface area contributed by atoms with Crippen LogP contribution in [0.15, 0.2) is 48.5 Å². The summed E-state index contributed by atoms with van der Waals surface area (Å²) in [5, 5.41) is 9.29. The molecule has 0 heterocycles. The van der Waals surface area contributed by atoms with E-state index in [9.17, 15) is 14.7 Å². The van der Waals surface area contributed by atoms with Crippen molar-refractivity contribution in [2.45, 2.75) is 46.1 Å². The Morgan fingerprint density at radius 2 is 1.52 bits per heavy atom. The lowest BCUT2D eigenvalue weighted by Crippen LogP contribution is -2.35. The molecule has 1 aliphatic carbocycles. The maximum absolute atomic E-state index is 12.6. The van der Waals surface area contributed by atoms with Gasteiger partial charge in [-0.25, -0.2) is 9.59 Å². The lowest BCUT2D eigenvalue weighted by atomic mass is 9.75. The van der Waals surface area contributed by atoms with E-state index >= 15 is 0 Å². The molecule has 5 nitrogen and oxygen atoms in total. The normalized spacial score (nSPS) is 21.6. The third kappa shape index (κ3) is 5.37. The Labute approximate surface area is 171 Å². The third-order valence-corrected chi connectivity index (χ3v) is 5.62. The highest BCUT2D eigenvalue weighted by Crippen LogP contribution is 2.35. The number of ether oxygens (including phenoxy) is 2. The Kier molecular flexibility index (Phi) is 6.57. The predicted molar refractivity (Wildman–Crippen MR) is 110 cm³/mol. The molecular weight excluding hydrogens is 368 g/mol. The number of hydrogen-bond acceptors (Lipinski definition) is 5. The van der Waals surface area contributed by atoms with Crippen molar-refractivity contribution in [1.29, 1.82) is 0 Å². The second kappa shape index (κ2) is 9.12. The molecule has 0 aliphatic heterocycles. The van der Waals surface area contributed by atoms with E-state index in [1.807, 2.05) is 0 Å². The quantitative estimate of drug-likeness (QED) is 0.553. The van der Waals surface area contributed by atoms with E-state index in [0.717, 1.165) is 12.8 Å². The van der Waals surface area contributed by atoms with Crippen molar-refractivity contribution in [1.82, 2.24) is 0 Å². The monoisotopic (exact) mass is 396 g/mol. The van der Waals surface area contributed by atoms with Crippen LogP contribution in [0, 0.1) is 17.8 Å². The lowest BCUT2D eigenvalue weighted by Gasteiger charge is -2.36. The van der Waals surface area contributed by atoms with E-state index < -0.39 is 5.97 Å². The smallest absolute Gasteiger partial charge is 0.343 e.